The van der Waals surface area contributed by atoms with Gasteiger partial charge in [-0.3, -0.25) is 4.68 Å². The van der Waals surface area contributed by atoms with Crippen molar-refractivity contribution in [1.29, 1.82) is 0 Å². The minimum Gasteiger partial charge on any atom is -0.327 e. The number of hydrogen-bond acceptors (Lipinski definition) is 3. The van der Waals surface area contributed by atoms with Crippen molar-refractivity contribution >= 4 is 0 Å². The van der Waals surface area contributed by atoms with Crippen LogP contribution in [0.4, 0.5) is 0 Å². The Kier molecular flexibility index (Phi) is 3.38. The third-order valence-electron chi connectivity index (χ3n) is 3.02. The van der Waals surface area contributed by atoms with E-state index in [1.165, 1.54) is 24.9 Å². The van der Waals surface area contributed by atoms with Crippen LogP contribution in [0.2, 0.25) is 0 Å². The van der Waals surface area contributed by atoms with Crippen LogP contribution in [-0.4, -0.2) is 40.4 Å². The molecule has 2 rings (SSSR count). The molecule has 0 spiro atoms. The lowest BCUT2D eigenvalue weighted by Gasteiger charge is -2.30. The Labute approximate surface area is 91.1 Å². The van der Waals surface area contributed by atoms with Gasteiger partial charge < -0.3 is 10.6 Å². The first kappa shape index (κ1) is 10.6. The second kappa shape index (κ2) is 4.77. The summed E-state index contributed by atoms with van der Waals surface area (Å²) in [4.78, 5) is 2.46. The van der Waals surface area contributed by atoms with E-state index >= 15 is 0 Å². The molecule has 1 aliphatic rings. The van der Waals surface area contributed by atoms with Crippen LogP contribution in [0.15, 0.2) is 12.4 Å². The third kappa shape index (κ3) is 3.04. The maximum Gasteiger partial charge on any atom is 0.0522 e. The lowest BCUT2D eigenvalue weighted by atomic mass is 10.1. The molecule has 15 heavy (non-hydrogen) atoms. The Morgan fingerprint density at radius 1 is 1.60 bits per heavy atom. The molecule has 0 aliphatic carbocycles. The van der Waals surface area contributed by atoms with Gasteiger partial charge in [0, 0.05) is 32.4 Å². The van der Waals surface area contributed by atoms with Gasteiger partial charge in [0.2, 0.25) is 0 Å². The standard InChI is InChI=1S/C11H20N4/c1-14-8-10(7-13-14)4-6-15-5-2-3-11(12)9-15/h7-8,11H,2-6,9,12H2,1H3/t11-/m1/s1. The van der Waals surface area contributed by atoms with Crippen LogP contribution in [0, 0.1) is 0 Å². The van der Waals surface area contributed by atoms with E-state index < -0.39 is 0 Å². The molecule has 1 aromatic heterocycles. The predicted molar refractivity (Wildman–Crippen MR) is 60.6 cm³/mol. The van der Waals surface area contributed by atoms with E-state index in [9.17, 15) is 0 Å². The Bertz CT molecular complexity index is 307. The molecule has 1 aliphatic heterocycles. The number of rotatable bonds is 3. The summed E-state index contributed by atoms with van der Waals surface area (Å²) in [5.41, 5.74) is 7.26. The van der Waals surface area contributed by atoms with Crippen LogP contribution < -0.4 is 5.73 Å². The van der Waals surface area contributed by atoms with Crippen molar-refractivity contribution in [2.75, 3.05) is 19.6 Å². The van der Waals surface area contributed by atoms with Crippen LogP contribution >= 0.6 is 0 Å². The second-order valence-electron chi connectivity index (χ2n) is 4.48. The van der Waals surface area contributed by atoms with E-state index in [1.54, 1.807) is 0 Å². The Morgan fingerprint density at radius 3 is 3.13 bits per heavy atom. The van der Waals surface area contributed by atoms with Crippen LogP contribution in [0.1, 0.15) is 18.4 Å². The Balaban J connectivity index is 1.77. The van der Waals surface area contributed by atoms with Crippen molar-refractivity contribution in [3.63, 3.8) is 0 Å². The zero-order chi connectivity index (χ0) is 10.7. The van der Waals surface area contributed by atoms with Crippen molar-refractivity contribution in [1.82, 2.24) is 14.7 Å². The summed E-state index contributed by atoms with van der Waals surface area (Å²) in [7, 11) is 1.96. The smallest absolute Gasteiger partial charge is 0.0522 e. The average molecular weight is 208 g/mol. The average Bonchev–Trinajstić information content (AvgIpc) is 2.62. The first-order valence-corrected chi connectivity index (χ1v) is 5.69. The van der Waals surface area contributed by atoms with Gasteiger partial charge >= 0.3 is 0 Å². The molecule has 84 valence electrons. The summed E-state index contributed by atoms with van der Waals surface area (Å²) in [5, 5.41) is 4.17. The number of aromatic nitrogens is 2. The van der Waals surface area contributed by atoms with Crippen LogP contribution in [0.5, 0.6) is 0 Å². The maximum absolute atomic E-state index is 5.94. The SMILES string of the molecule is Cn1cc(CCN2CCC[C@@H](N)C2)cn1. The first-order chi connectivity index (χ1) is 7.24. The number of hydrogen-bond donors (Lipinski definition) is 1. The van der Waals surface area contributed by atoms with Gasteiger partial charge in [0.25, 0.3) is 0 Å². The lowest BCUT2D eigenvalue weighted by Crippen LogP contribution is -2.43. The van der Waals surface area contributed by atoms with Crippen molar-refractivity contribution in [2.45, 2.75) is 25.3 Å². The maximum atomic E-state index is 5.94. The molecule has 0 amide bonds. The van der Waals surface area contributed by atoms with Crippen LogP contribution in [-0.2, 0) is 13.5 Å². The highest BCUT2D eigenvalue weighted by molar-refractivity contribution is 5.04. The van der Waals surface area contributed by atoms with Gasteiger partial charge in [0.1, 0.15) is 0 Å². The summed E-state index contributed by atoms with van der Waals surface area (Å²) in [5.74, 6) is 0. The first-order valence-electron chi connectivity index (χ1n) is 5.69. The number of likely N-dealkylation sites (tertiary alicyclic amines) is 1. The third-order valence-corrected chi connectivity index (χ3v) is 3.02. The minimum absolute atomic E-state index is 0.382. The molecule has 0 bridgehead atoms. The molecule has 1 saturated heterocycles. The zero-order valence-electron chi connectivity index (χ0n) is 9.39. The second-order valence-corrected chi connectivity index (χ2v) is 4.48. The fourth-order valence-electron chi connectivity index (χ4n) is 2.18. The van der Waals surface area contributed by atoms with Gasteiger partial charge in [-0.05, 0) is 31.4 Å². The normalized spacial score (nSPS) is 23.2. The van der Waals surface area contributed by atoms with Gasteiger partial charge in [-0.1, -0.05) is 0 Å². The van der Waals surface area contributed by atoms with E-state index in [1.807, 2.05) is 17.9 Å². The van der Waals surface area contributed by atoms with Gasteiger partial charge in [-0.2, -0.15) is 5.10 Å². The molecule has 0 unspecified atom stereocenters. The molecule has 1 aromatic rings. The summed E-state index contributed by atoms with van der Waals surface area (Å²) >= 11 is 0. The highest BCUT2D eigenvalue weighted by atomic mass is 15.2. The topological polar surface area (TPSA) is 47.1 Å². The summed E-state index contributed by atoms with van der Waals surface area (Å²) in [6.45, 7) is 3.37. The summed E-state index contributed by atoms with van der Waals surface area (Å²) in [6.07, 6.45) is 7.55. The van der Waals surface area contributed by atoms with E-state index in [0.717, 1.165) is 19.5 Å². The molecular formula is C11H20N4. The van der Waals surface area contributed by atoms with Crippen LogP contribution in [0.3, 0.4) is 0 Å². The number of aryl methyl sites for hydroxylation is 1. The predicted octanol–water partition coefficient (Wildman–Crippen LogP) is 0.386. The van der Waals surface area contributed by atoms with Gasteiger partial charge in [-0.25, -0.2) is 0 Å². The molecule has 4 nitrogen and oxygen atoms in total. The molecule has 0 radical (unpaired) electrons. The monoisotopic (exact) mass is 208 g/mol. The zero-order valence-corrected chi connectivity index (χ0v) is 9.39. The van der Waals surface area contributed by atoms with Gasteiger partial charge in [0.15, 0.2) is 0 Å². The van der Waals surface area contributed by atoms with Gasteiger partial charge in [-0.15, -0.1) is 0 Å². The summed E-state index contributed by atoms with van der Waals surface area (Å²) in [6, 6.07) is 0.382. The lowest BCUT2D eigenvalue weighted by molar-refractivity contribution is 0.211. The van der Waals surface area contributed by atoms with E-state index in [2.05, 4.69) is 16.2 Å². The van der Waals surface area contributed by atoms with E-state index in [0.29, 0.717) is 6.04 Å². The highest BCUT2D eigenvalue weighted by Crippen LogP contribution is 2.09. The molecule has 2 N–H and O–H groups in total. The van der Waals surface area contributed by atoms with Crippen LogP contribution in [0.25, 0.3) is 0 Å². The fourth-order valence-corrected chi connectivity index (χ4v) is 2.18. The number of nitrogens with two attached hydrogens (primary N) is 1. The fraction of sp³-hybridized carbons (Fsp3) is 0.727. The largest absolute Gasteiger partial charge is 0.327 e. The molecule has 2 heterocycles. The molecule has 0 saturated carbocycles. The molecule has 0 aromatic carbocycles. The quantitative estimate of drug-likeness (QED) is 0.781. The van der Waals surface area contributed by atoms with E-state index in [-0.39, 0.29) is 0 Å². The molecular weight excluding hydrogens is 188 g/mol. The van der Waals surface area contributed by atoms with Crippen molar-refractivity contribution in [3.05, 3.63) is 18.0 Å². The Hall–Kier alpha value is -0.870. The Morgan fingerprint density at radius 2 is 2.47 bits per heavy atom. The van der Waals surface area contributed by atoms with E-state index in [4.69, 9.17) is 5.73 Å². The molecule has 1 atom stereocenters. The molecule has 1 fully saturated rings. The van der Waals surface area contributed by atoms with Gasteiger partial charge in [0.05, 0.1) is 6.20 Å². The highest BCUT2D eigenvalue weighted by Gasteiger charge is 2.15. The summed E-state index contributed by atoms with van der Waals surface area (Å²) < 4.78 is 1.86. The minimum atomic E-state index is 0.382. The van der Waals surface area contributed by atoms with Crippen molar-refractivity contribution < 1.29 is 0 Å². The number of nitrogens with zero attached hydrogens (tertiary/aromatic N) is 3. The number of piperidine rings is 1. The molecule has 4 heteroatoms. The van der Waals surface area contributed by atoms with Crippen molar-refractivity contribution in [2.24, 2.45) is 12.8 Å². The van der Waals surface area contributed by atoms with Crippen molar-refractivity contribution in [3.8, 4) is 0 Å².